The number of carbonyl (C=O) groups excluding carboxylic acids is 1. The van der Waals surface area contributed by atoms with E-state index in [4.69, 9.17) is 5.73 Å². The third-order valence-corrected chi connectivity index (χ3v) is 4.74. The van der Waals surface area contributed by atoms with Crippen molar-refractivity contribution in [3.8, 4) is 0 Å². The number of pyridine rings is 2. The summed E-state index contributed by atoms with van der Waals surface area (Å²) in [4.78, 5) is 30.7. The van der Waals surface area contributed by atoms with Gasteiger partial charge in [-0.15, -0.1) is 0 Å². The molecule has 0 aliphatic heterocycles. The molecule has 0 atom stereocenters. The summed E-state index contributed by atoms with van der Waals surface area (Å²) in [5.41, 5.74) is 4.94. The van der Waals surface area contributed by atoms with Gasteiger partial charge >= 0.3 is 6.18 Å². The maximum Gasteiger partial charge on any atom is 0.417 e. The molecular weight excluding hydrogens is 442 g/mol. The van der Waals surface area contributed by atoms with Crippen molar-refractivity contribution in [2.45, 2.75) is 6.18 Å². The molecule has 2 aromatic carbocycles. The molecule has 0 saturated carbocycles. The van der Waals surface area contributed by atoms with Crippen LogP contribution in [0.4, 0.5) is 40.3 Å². The molecule has 0 saturated heterocycles. The van der Waals surface area contributed by atoms with Crippen LogP contribution in [0.15, 0.2) is 65.6 Å². The summed E-state index contributed by atoms with van der Waals surface area (Å²) in [5.74, 6) is -2.12. The summed E-state index contributed by atoms with van der Waals surface area (Å²) in [7, 11) is 0. The second-order valence-corrected chi connectivity index (χ2v) is 7.02. The minimum Gasteiger partial charge on any atom is -0.394 e. The first-order chi connectivity index (χ1) is 15.6. The van der Waals surface area contributed by atoms with E-state index >= 15 is 0 Å². The van der Waals surface area contributed by atoms with Crippen LogP contribution in [0.25, 0.3) is 11.0 Å². The number of nitrogens with zero attached hydrogens (tertiary/aromatic N) is 1. The SMILES string of the molecule is Nc1cc2c(Nc3ccc(NC(=O)c4ccc(F)cc4C(F)(F)F)cc3)ccnc2[nH]c1=O. The Bertz CT molecular complexity index is 1420. The van der Waals surface area contributed by atoms with E-state index in [0.717, 1.165) is 12.1 Å². The van der Waals surface area contributed by atoms with Gasteiger partial charge in [0.25, 0.3) is 11.5 Å². The van der Waals surface area contributed by atoms with Crippen LogP contribution in [-0.2, 0) is 6.18 Å². The predicted molar refractivity (Wildman–Crippen MR) is 116 cm³/mol. The van der Waals surface area contributed by atoms with Crippen molar-refractivity contribution >= 4 is 39.7 Å². The number of hydrogen-bond donors (Lipinski definition) is 4. The van der Waals surface area contributed by atoms with E-state index in [1.165, 1.54) is 24.4 Å². The average molecular weight is 457 g/mol. The smallest absolute Gasteiger partial charge is 0.394 e. The quantitative estimate of drug-likeness (QED) is 0.333. The molecule has 11 heteroatoms. The Morgan fingerprint density at radius 3 is 2.39 bits per heavy atom. The molecule has 2 heterocycles. The Kier molecular flexibility index (Phi) is 5.46. The number of nitrogens with one attached hydrogen (secondary N) is 3. The maximum absolute atomic E-state index is 13.3. The van der Waals surface area contributed by atoms with Gasteiger partial charge in [-0.25, -0.2) is 9.37 Å². The average Bonchev–Trinajstić information content (AvgIpc) is 2.76. The summed E-state index contributed by atoms with van der Waals surface area (Å²) in [5, 5.41) is 6.06. The Morgan fingerprint density at radius 2 is 1.70 bits per heavy atom. The minimum absolute atomic E-state index is 0.0237. The summed E-state index contributed by atoms with van der Waals surface area (Å²) in [6.07, 6.45) is -3.39. The molecule has 168 valence electrons. The molecule has 0 spiro atoms. The van der Waals surface area contributed by atoms with E-state index < -0.39 is 34.6 Å². The molecule has 0 radical (unpaired) electrons. The fourth-order valence-electron chi connectivity index (χ4n) is 3.17. The maximum atomic E-state index is 13.3. The summed E-state index contributed by atoms with van der Waals surface area (Å²) >= 11 is 0. The number of nitrogen functional groups attached to an aromatic ring is 1. The van der Waals surface area contributed by atoms with Crippen molar-refractivity contribution in [2.24, 2.45) is 0 Å². The number of nitrogens with two attached hydrogens (primary N) is 1. The van der Waals surface area contributed by atoms with Gasteiger partial charge in [0.15, 0.2) is 0 Å². The first-order valence-electron chi connectivity index (χ1n) is 9.44. The van der Waals surface area contributed by atoms with Crippen LogP contribution in [0, 0.1) is 5.82 Å². The monoisotopic (exact) mass is 457 g/mol. The number of hydrogen-bond acceptors (Lipinski definition) is 5. The number of H-pyrrole nitrogens is 1. The first kappa shape index (κ1) is 21.8. The van der Waals surface area contributed by atoms with Crippen molar-refractivity contribution in [3.63, 3.8) is 0 Å². The molecule has 0 fully saturated rings. The number of alkyl halides is 3. The lowest BCUT2D eigenvalue weighted by molar-refractivity contribution is -0.138. The number of aromatic nitrogens is 2. The van der Waals surface area contributed by atoms with E-state index in [-0.39, 0.29) is 17.4 Å². The molecular formula is C22H15F4N5O2. The number of aromatic amines is 1. The molecule has 0 aliphatic carbocycles. The van der Waals surface area contributed by atoms with Gasteiger partial charge in [0.1, 0.15) is 11.5 Å². The second-order valence-electron chi connectivity index (χ2n) is 7.02. The molecule has 0 unspecified atom stereocenters. The number of halogens is 4. The largest absolute Gasteiger partial charge is 0.417 e. The topological polar surface area (TPSA) is 113 Å². The third kappa shape index (κ3) is 4.61. The van der Waals surface area contributed by atoms with E-state index in [2.05, 4.69) is 20.6 Å². The number of carbonyl (C=O) groups is 1. The Morgan fingerprint density at radius 1 is 1.00 bits per heavy atom. The predicted octanol–water partition coefficient (Wildman–Crippen LogP) is 4.66. The Labute approximate surface area is 183 Å². The third-order valence-electron chi connectivity index (χ3n) is 4.74. The minimum atomic E-state index is -4.89. The molecule has 5 N–H and O–H groups in total. The highest BCUT2D eigenvalue weighted by Crippen LogP contribution is 2.33. The van der Waals surface area contributed by atoms with Gasteiger partial charge in [-0.3, -0.25) is 9.59 Å². The Balaban J connectivity index is 1.55. The summed E-state index contributed by atoms with van der Waals surface area (Å²) in [6, 6.07) is 11.2. The molecule has 0 aliphatic rings. The van der Waals surface area contributed by atoms with Gasteiger partial charge in [0.05, 0.1) is 22.5 Å². The van der Waals surface area contributed by atoms with Gasteiger partial charge in [-0.2, -0.15) is 13.2 Å². The summed E-state index contributed by atoms with van der Waals surface area (Å²) in [6.45, 7) is 0. The molecule has 4 aromatic rings. The van der Waals surface area contributed by atoms with Gasteiger partial charge in [0.2, 0.25) is 0 Å². The number of rotatable bonds is 4. The highest BCUT2D eigenvalue weighted by Gasteiger charge is 2.35. The Hall–Kier alpha value is -4.41. The number of anilines is 4. The van der Waals surface area contributed by atoms with Gasteiger partial charge < -0.3 is 21.4 Å². The lowest BCUT2D eigenvalue weighted by Gasteiger charge is -2.14. The molecule has 7 nitrogen and oxygen atoms in total. The number of benzene rings is 2. The van der Waals surface area contributed by atoms with Crippen LogP contribution in [0.2, 0.25) is 0 Å². The van der Waals surface area contributed by atoms with Gasteiger partial charge in [-0.05, 0) is 54.6 Å². The number of amides is 1. The van der Waals surface area contributed by atoms with Crippen molar-refractivity contribution in [2.75, 3.05) is 16.4 Å². The molecule has 2 aromatic heterocycles. The van der Waals surface area contributed by atoms with E-state index in [0.29, 0.717) is 22.4 Å². The van der Waals surface area contributed by atoms with Crippen LogP contribution in [-0.4, -0.2) is 15.9 Å². The van der Waals surface area contributed by atoms with Gasteiger partial charge in [0, 0.05) is 23.0 Å². The van der Waals surface area contributed by atoms with E-state index in [1.54, 1.807) is 18.2 Å². The lowest BCUT2D eigenvalue weighted by Crippen LogP contribution is -2.19. The molecule has 4 rings (SSSR count). The van der Waals surface area contributed by atoms with Crippen LogP contribution in [0.1, 0.15) is 15.9 Å². The highest BCUT2D eigenvalue weighted by atomic mass is 19.4. The van der Waals surface area contributed by atoms with E-state index in [1.807, 2.05) is 0 Å². The van der Waals surface area contributed by atoms with Crippen LogP contribution in [0.3, 0.4) is 0 Å². The standard InChI is InChI=1S/C22H15F4N5O2/c23-11-1-6-14(16(9-11)22(24,25)26)20(32)30-13-4-2-12(3-5-13)29-18-7-8-28-19-15(18)10-17(27)21(33)31-19/h1-10H,27H2,(H,30,32)(H2,28,29,31,33). The zero-order chi connectivity index (χ0) is 23.8. The van der Waals surface area contributed by atoms with Crippen molar-refractivity contribution in [1.82, 2.24) is 9.97 Å². The normalized spacial score (nSPS) is 11.4. The lowest BCUT2D eigenvalue weighted by atomic mass is 10.1. The first-order valence-corrected chi connectivity index (χ1v) is 9.44. The number of fused-ring (bicyclic) bond motifs is 1. The fourth-order valence-corrected chi connectivity index (χ4v) is 3.17. The highest BCUT2D eigenvalue weighted by molar-refractivity contribution is 6.05. The molecule has 33 heavy (non-hydrogen) atoms. The van der Waals surface area contributed by atoms with Crippen LogP contribution >= 0.6 is 0 Å². The fraction of sp³-hybridized carbons (Fsp3) is 0.0455. The van der Waals surface area contributed by atoms with Gasteiger partial charge in [-0.1, -0.05) is 0 Å². The molecule has 0 bridgehead atoms. The van der Waals surface area contributed by atoms with Crippen molar-refractivity contribution < 1.29 is 22.4 Å². The second kappa shape index (κ2) is 8.26. The summed E-state index contributed by atoms with van der Waals surface area (Å²) < 4.78 is 52.7. The van der Waals surface area contributed by atoms with Crippen LogP contribution < -0.4 is 21.9 Å². The zero-order valence-corrected chi connectivity index (χ0v) is 16.6. The molecule has 1 amide bonds. The van der Waals surface area contributed by atoms with Crippen molar-refractivity contribution in [3.05, 3.63) is 88.1 Å². The van der Waals surface area contributed by atoms with Crippen LogP contribution in [0.5, 0.6) is 0 Å². The zero-order valence-electron chi connectivity index (χ0n) is 16.6. The van der Waals surface area contributed by atoms with E-state index in [9.17, 15) is 27.2 Å². The van der Waals surface area contributed by atoms with Crippen molar-refractivity contribution in [1.29, 1.82) is 0 Å².